The van der Waals surface area contributed by atoms with E-state index in [0.717, 1.165) is 42.6 Å². The lowest BCUT2D eigenvalue weighted by molar-refractivity contribution is -0.117. The third-order valence-electron chi connectivity index (χ3n) is 7.38. The second-order valence-electron chi connectivity index (χ2n) is 10.2. The Bertz CT molecular complexity index is 1340. The molecule has 2 fully saturated rings. The summed E-state index contributed by atoms with van der Waals surface area (Å²) in [6.45, 7) is 2.60. The summed E-state index contributed by atoms with van der Waals surface area (Å²) >= 11 is 1.56. The van der Waals surface area contributed by atoms with E-state index in [1.54, 1.807) is 30.8 Å². The summed E-state index contributed by atoms with van der Waals surface area (Å²) in [7, 11) is 1.59. The van der Waals surface area contributed by atoms with Crippen molar-refractivity contribution < 1.29 is 14.3 Å². The maximum atomic E-state index is 13.4. The van der Waals surface area contributed by atoms with E-state index in [1.807, 2.05) is 17.6 Å². The van der Waals surface area contributed by atoms with Crippen LogP contribution in [-0.2, 0) is 17.6 Å². The van der Waals surface area contributed by atoms with Gasteiger partial charge >= 0.3 is 0 Å². The van der Waals surface area contributed by atoms with E-state index in [9.17, 15) is 9.59 Å². The summed E-state index contributed by atoms with van der Waals surface area (Å²) in [6, 6.07) is 3.79. The molecule has 0 aliphatic heterocycles. The number of anilines is 3. The highest BCUT2D eigenvalue weighted by Crippen LogP contribution is 2.43. The first kappa shape index (κ1) is 23.9. The first-order valence-electron chi connectivity index (χ1n) is 12.9. The van der Waals surface area contributed by atoms with Crippen molar-refractivity contribution in [2.24, 2.45) is 11.8 Å². The molecule has 37 heavy (non-hydrogen) atoms. The fraction of sp³-hybridized carbons (Fsp3) is 0.500. The van der Waals surface area contributed by atoms with Crippen LogP contribution in [0.4, 0.5) is 16.6 Å². The molecule has 0 unspecified atom stereocenters. The summed E-state index contributed by atoms with van der Waals surface area (Å²) in [4.78, 5) is 31.6. The molecule has 3 aromatic heterocycles. The number of ether oxygens (including phenoxy) is 1. The van der Waals surface area contributed by atoms with Gasteiger partial charge < -0.3 is 20.7 Å². The Kier molecular flexibility index (Phi) is 6.31. The number of nitrogens with one attached hydrogen (secondary N) is 3. The smallest absolute Gasteiger partial charge is 0.254 e. The lowest BCUT2D eigenvalue weighted by Crippen LogP contribution is -2.28. The Balaban J connectivity index is 1.26. The highest BCUT2D eigenvalue weighted by atomic mass is 32.1. The van der Waals surface area contributed by atoms with E-state index in [-0.39, 0.29) is 23.8 Å². The second-order valence-corrected chi connectivity index (χ2v) is 11.3. The fourth-order valence-corrected chi connectivity index (χ4v) is 6.09. The van der Waals surface area contributed by atoms with Gasteiger partial charge in [-0.2, -0.15) is 0 Å². The summed E-state index contributed by atoms with van der Waals surface area (Å²) in [6.07, 6.45) is 8.31. The number of nitrogens with zero attached hydrogens (tertiary/aromatic N) is 4. The number of thiophene rings is 1. The average molecular weight is 522 g/mol. The van der Waals surface area contributed by atoms with Gasteiger partial charge in [-0.15, -0.1) is 21.5 Å². The zero-order chi connectivity index (χ0) is 25.5. The normalized spacial score (nSPS) is 18.7. The van der Waals surface area contributed by atoms with Crippen LogP contribution in [-0.4, -0.2) is 45.2 Å². The second kappa shape index (κ2) is 9.77. The maximum Gasteiger partial charge on any atom is 0.254 e. The van der Waals surface area contributed by atoms with Crippen molar-refractivity contribution in [3.63, 3.8) is 0 Å². The van der Waals surface area contributed by atoms with Crippen LogP contribution in [0, 0.1) is 18.8 Å². The zero-order valence-corrected chi connectivity index (χ0v) is 21.9. The van der Waals surface area contributed by atoms with E-state index >= 15 is 0 Å². The van der Waals surface area contributed by atoms with Gasteiger partial charge in [0.15, 0.2) is 0 Å². The van der Waals surface area contributed by atoms with Crippen molar-refractivity contribution in [3.05, 3.63) is 40.2 Å². The molecule has 3 heterocycles. The third kappa shape index (κ3) is 5.04. The summed E-state index contributed by atoms with van der Waals surface area (Å²) < 4.78 is 7.25. The molecule has 0 radical (unpaired) electrons. The van der Waals surface area contributed by atoms with Gasteiger partial charge in [0.1, 0.15) is 11.3 Å². The van der Waals surface area contributed by atoms with Gasteiger partial charge in [0, 0.05) is 29.4 Å². The Labute approximate surface area is 219 Å². The lowest BCUT2D eigenvalue weighted by atomic mass is 9.91. The number of hydrogen-bond donors (Lipinski definition) is 3. The van der Waals surface area contributed by atoms with Gasteiger partial charge in [-0.3, -0.25) is 14.2 Å². The topological polar surface area (TPSA) is 123 Å². The predicted molar refractivity (Wildman–Crippen MR) is 141 cm³/mol. The van der Waals surface area contributed by atoms with Crippen LogP contribution in [0.2, 0.25) is 0 Å². The van der Waals surface area contributed by atoms with Crippen molar-refractivity contribution in [1.29, 1.82) is 0 Å². The van der Waals surface area contributed by atoms with E-state index in [0.29, 0.717) is 41.3 Å². The molecule has 3 aliphatic carbocycles. The minimum atomic E-state index is -0.0850. The summed E-state index contributed by atoms with van der Waals surface area (Å²) in [5.41, 5.74) is 3.29. The molecule has 0 spiro atoms. The summed E-state index contributed by atoms with van der Waals surface area (Å²) in [5, 5.41) is 18.7. The van der Waals surface area contributed by atoms with Crippen molar-refractivity contribution in [3.8, 4) is 5.88 Å². The number of amides is 2. The quantitative estimate of drug-likeness (QED) is 0.389. The molecule has 10 nitrogen and oxygen atoms in total. The highest BCUT2D eigenvalue weighted by Gasteiger charge is 2.35. The van der Waals surface area contributed by atoms with Crippen LogP contribution in [0.1, 0.15) is 64.6 Å². The molecule has 11 heteroatoms. The van der Waals surface area contributed by atoms with Crippen LogP contribution in [0.3, 0.4) is 0 Å². The molecule has 1 atom stereocenters. The van der Waals surface area contributed by atoms with Crippen molar-refractivity contribution >= 4 is 39.8 Å². The molecular formula is C26H31N7O3S. The molecule has 3 N–H and O–H groups in total. The third-order valence-corrected chi connectivity index (χ3v) is 8.58. The van der Waals surface area contributed by atoms with Gasteiger partial charge in [-0.25, -0.2) is 4.98 Å². The van der Waals surface area contributed by atoms with Crippen molar-refractivity contribution in [1.82, 2.24) is 25.1 Å². The number of methoxy groups -OCH3 is 1. The molecule has 2 saturated carbocycles. The molecule has 194 valence electrons. The molecule has 3 aliphatic rings. The number of carbonyl (C=O) groups excluding carboxylic acids is 2. The Morgan fingerprint density at radius 3 is 2.76 bits per heavy atom. The number of rotatable bonds is 9. The lowest BCUT2D eigenvalue weighted by Gasteiger charge is -2.25. The van der Waals surface area contributed by atoms with Gasteiger partial charge in [-0.1, -0.05) is 0 Å². The van der Waals surface area contributed by atoms with E-state index in [2.05, 4.69) is 31.1 Å². The van der Waals surface area contributed by atoms with Gasteiger partial charge in [0.2, 0.25) is 17.7 Å². The highest BCUT2D eigenvalue weighted by molar-refractivity contribution is 7.17. The van der Waals surface area contributed by atoms with E-state index in [4.69, 9.17) is 4.74 Å². The standard InChI is InChI=1S/C26H31N7O3S/c1-14-19(8-10-21(29-14)36-2)30-26-32-28-13-33(26)17-7-9-20-18(11-17)22(24(35)27-12-15-3-4-15)25(37-20)31-23(34)16-5-6-16/h8,10,13,15-17H,3-7,9,11-12H2,1-2H3,(H,27,35)(H,30,32)(H,31,34)/t17-/m0/s1. The first-order chi connectivity index (χ1) is 18.0. The number of pyridine rings is 1. The Morgan fingerprint density at radius 1 is 1.19 bits per heavy atom. The predicted octanol–water partition coefficient (Wildman–Crippen LogP) is 4.01. The molecule has 2 amide bonds. The minimum Gasteiger partial charge on any atom is -0.481 e. The van der Waals surface area contributed by atoms with Crippen LogP contribution in [0.15, 0.2) is 18.5 Å². The van der Waals surface area contributed by atoms with Crippen molar-refractivity contribution in [2.75, 3.05) is 24.3 Å². The zero-order valence-electron chi connectivity index (χ0n) is 21.0. The number of fused-ring (bicyclic) bond motifs is 1. The monoisotopic (exact) mass is 521 g/mol. The molecular weight excluding hydrogens is 490 g/mol. The first-order valence-corrected chi connectivity index (χ1v) is 13.7. The van der Waals surface area contributed by atoms with Crippen LogP contribution in [0.5, 0.6) is 5.88 Å². The van der Waals surface area contributed by atoms with Crippen LogP contribution in [0.25, 0.3) is 0 Å². The Morgan fingerprint density at radius 2 is 2.03 bits per heavy atom. The fourth-order valence-electron chi connectivity index (χ4n) is 4.84. The maximum absolute atomic E-state index is 13.4. The largest absolute Gasteiger partial charge is 0.481 e. The molecule has 3 aromatic rings. The minimum absolute atomic E-state index is 0.0279. The van der Waals surface area contributed by atoms with Crippen LogP contribution >= 0.6 is 11.3 Å². The number of hydrogen-bond acceptors (Lipinski definition) is 8. The molecule has 6 rings (SSSR count). The van der Waals surface area contributed by atoms with Crippen molar-refractivity contribution in [2.45, 2.75) is 57.9 Å². The molecule has 0 saturated heterocycles. The summed E-state index contributed by atoms with van der Waals surface area (Å²) in [5.74, 6) is 1.78. The number of aryl methyl sites for hydroxylation is 2. The molecule has 0 bridgehead atoms. The average Bonchev–Trinajstić information content (AvgIpc) is 3.83. The SMILES string of the molecule is COc1ccc(Nc2nncn2[C@H]2CCc3sc(NC(=O)C4CC4)c(C(=O)NCC4CC4)c3C2)c(C)n1. The Hall–Kier alpha value is -3.47. The van der Waals surface area contributed by atoms with Gasteiger partial charge in [0.25, 0.3) is 5.91 Å². The number of aromatic nitrogens is 4. The van der Waals surface area contributed by atoms with E-state index in [1.165, 1.54) is 17.7 Å². The number of carbonyl (C=O) groups is 2. The van der Waals surface area contributed by atoms with E-state index < -0.39 is 0 Å². The molecule has 0 aromatic carbocycles. The van der Waals surface area contributed by atoms with Crippen LogP contribution < -0.4 is 20.7 Å². The van der Waals surface area contributed by atoms with Gasteiger partial charge in [0.05, 0.1) is 24.1 Å². The van der Waals surface area contributed by atoms with Gasteiger partial charge in [-0.05, 0) is 69.4 Å².